The Morgan fingerprint density at radius 1 is 1.14 bits per heavy atom. The van der Waals surface area contributed by atoms with Crippen LogP contribution in [0.2, 0.25) is 5.02 Å². The molecule has 0 radical (unpaired) electrons. The molecule has 1 aromatic heterocycles. The molecule has 2 aromatic carbocycles. The van der Waals surface area contributed by atoms with Gasteiger partial charge in [0.05, 0.1) is 0 Å². The summed E-state index contributed by atoms with van der Waals surface area (Å²) in [5.41, 5.74) is 2.15. The molecule has 0 bridgehead atoms. The monoisotopic (exact) mass is 427 g/mol. The molecule has 148 valence electrons. The van der Waals surface area contributed by atoms with Gasteiger partial charge in [-0.3, -0.25) is 4.79 Å². The number of ether oxygens (including phenoxy) is 3. The van der Waals surface area contributed by atoms with Crippen LogP contribution in [0.25, 0.3) is 0 Å². The fourth-order valence-electron chi connectivity index (χ4n) is 3.67. The number of benzene rings is 2. The maximum absolute atomic E-state index is 13.0. The molecule has 0 spiro atoms. The van der Waals surface area contributed by atoms with Gasteiger partial charge in [0.1, 0.15) is 11.8 Å². The van der Waals surface area contributed by atoms with Crippen LogP contribution in [0, 0.1) is 6.92 Å². The first-order valence-electron chi connectivity index (χ1n) is 9.25. The van der Waals surface area contributed by atoms with E-state index in [9.17, 15) is 4.79 Å². The number of rotatable bonds is 5. The van der Waals surface area contributed by atoms with Crippen LogP contribution in [0.4, 0.5) is 0 Å². The van der Waals surface area contributed by atoms with Crippen molar-refractivity contribution in [2.45, 2.75) is 25.6 Å². The van der Waals surface area contributed by atoms with E-state index in [0.29, 0.717) is 23.1 Å². The minimum absolute atomic E-state index is 0.0320. The predicted octanol–water partition coefficient (Wildman–Crippen LogP) is 4.97. The van der Waals surface area contributed by atoms with Crippen LogP contribution in [0.15, 0.2) is 53.9 Å². The third-order valence-electron chi connectivity index (χ3n) is 5.19. The summed E-state index contributed by atoms with van der Waals surface area (Å²) in [6, 6.07) is 14.8. The van der Waals surface area contributed by atoms with Crippen LogP contribution in [-0.2, 0) is 11.3 Å². The van der Waals surface area contributed by atoms with E-state index >= 15 is 0 Å². The molecule has 2 atom stereocenters. The fraction of sp³-hybridized carbons (Fsp3) is 0.227. The number of thiophene rings is 1. The number of carbonyl (C=O) groups excluding carboxylic acids is 1. The van der Waals surface area contributed by atoms with Gasteiger partial charge in [0.15, 0.2) is 11.5 Å². The third-order valence-corrected chi connectivity index (χ3v) is 6.53. The Balaban J connectivity index is 1.41. The molecule has 3 heterocycles. The summed E-state index contributed by atoms with van der Waals surface area (Å²) in [5, 5.41) is 2.68. The van der Waals surface area contributed by atoms with E-state index in [1.165, 1.54) is 0 Å². The topological polar surface area (TPSA) is 48.0 Å². The van der Waals surface area contributed by atoms with E-state index in [2.05, 4.69) is 13.0 Å². The molecule has 0 aliphatic carbocycles. The Bertz CT molecular complexity index is 1060. The first-order valence-corrected chi connectivity index (χ1v) is 10.5. The Morgan fingerprint density at radius 3 is 2.69 bits per heavy atom. The zero-order valence-electron chi connectivity index (χ0n) is 15.6. The minimum atomic E-state index is -0.553. The lowest BCUT2D eigenvalue weighted by Crippen LogP contribution is -2.60. The van der Waals surface area contributed by atoms with E-state index in [4.69, 9.17) is 25.8 Å². The SMILES string of the molecule is Cc1ccsc1[C@H]1[C@H](Oc2ccc(Cl)cc2)C(=O)N1Cc1ccc2c(c1)OCO2. The number of hydrogen-bond donors (Lipinski definition) is 0. The average molecular weight is 428 g/mol. The van der Waals surface area contributed by atoms with Crippen LogP contribution in [0.1, 0.15) is 22.0 Å². The minimum Gasteiger partial charge on any atom is -0.478 e. The number of carbonyl (C=O) groups is 1. The number of amides is 1. The molecule has 0 unspecified atom stereocenters. The van der Waals surface area contributed by atoms with Crippen LogP contribution in [-0.4, -0.2) is 23.7 Å². The molecule has 29 heavy (non-hydrogen) atoms. The molecule has 2 aliphatic rings. The summed E-state index contributed by atoms with van der Waals surface area (Å²) < 4.78 is 16.9. The molecule has 1 fully saturated rings. The maximum atomic E-state index is 13.0. The molecule has 5 rings (SSSR count). The number of likely N-dealkylation sites (tertiary alicyclic amines) is 1. The Morgan fingerprint density at radius 2 is 1.93 bits per heavy atom. The van der Waals surface area contributed by atoms with Gasteiger partial charge in [0.2, 0.25) is 12.9 Å². The molecule has 0 N–H and O–H groups in total. The average Bonchev–Trinajstić information content (AvgIpc) is 3.36. The van der Waals surface area contributed by atoms with E-state index in [1.807, 2.05) is 28.5 Å². The molecule has 0 saturated carbocycles. The maximum Gasteiger partial charge on any atom is 0.267 e. The Labute approximate surface area is 177 Å². The Kier molecular flexibility index (Phi) is 4.60. The van der Waals surface area contributed by atoms with Crippen molar-refractivity contribution in [2.24, 2.45) is 0 Å². The fourth-order valence-corrected chi connectivity index (χ4v) is 4.86. The zero-order chi connectivity index (χ0) is 20.0. The zero-order valence-corrected chi connectivity index (χ0v) is 17.2. The number of fused-ring (bicyclic) bond motifs is 1. The summed E-state index contributed by atoms with van der Waals surface area (Å²) in [6.07, 6.45) is -0.553. The van der Waals surface area contributed by atoms with Gasteiger partial charge < -0.3 is 19.1 Å². The largest absolute Gasteiger partial charge is 0.478 e. The number of nitrogens with zero attached hydrogens (tertiary/aromatic N) is 1. The first-order chi connectivity index (χ1) is 14.1. The number of hydrogen-bond acceptors (Lipinski definition) is 5. The van der Waals surface area contributed by atoms with Gasteiger partial charge in [-0.2, -0.15) is 0 Å². The highest BCUT2D eigenvalue weighted by molar-refractivity contribution is 7.10. The van der Waals surface area contributed by atoms with Crippen molar-refractivity contribution in [3.05, 3.63) is 74.9 Å². The van der Waals surface area contributed by atoms with Gasteiger partial charge in [-0.25, -0.2) is 0 Å². The molecule has 5 nitrogen and oxygen atoms in total. The van der Waals surface area contributed by atoms with Crippen molar-refractivity contribution in [3.63, 3.8) is 0 Å². The van der Waals surface area contributed by atoms with Gasteiger partial charge in [-0.1, -0.05) is 17.7 Å². The van der Waals surface area contributed by atoms with Crippen molar-refractivity contribution >= 4 is 28.8 Å². The normalized spacial score (nSPS) is 19.9. The molecule has 2 aliphatic heterocycles. The van der Waals surface area contributed by atoms with Gasteiger partial charge in [-0.15, -0.1) is 11.3 Å². The second kappa shape index (κ2) is 7.28. The molecule has 1 saturated heterocycles. The van der Waals surface area contributed by atoms with Crippen molar-refractivity contribution in [3.8, 4) is 17.2 Å². The molecule has 7 heteroatoms. The van der Waals surface area contributed by atoms with Gasteiger partial charge >= 0.3 is 0 Å². The van der Waals surface area contributed by atoms with Gasteiger partial charge in [-0.05, 0) is 65.9 Å². The van der Waals surface area contributed by atoms with Crippen molar-refractivity contribution in [1.29, 1.82) is 0 Å². The smallest absolute Gasteiger partial charge is 0.267 e. The summed E-state index contributed by atoms with van der Waals surface area (Å²) in [5.74, 6) is 2.05. The lowest BCUT2D eigenvalue weighted by Gasteiger charge is -2.46. The first kappa shape index (κ1) is 18.3. The van der Waals surface area contributed by atoms with Gasteiger partial charge in [0.25, 0.3) is 5.91 Å². The van der Waals surface area contributed by atoms with E-state index in [1.54, 1.807) is 35.6 Å². The van der Waals surface area contributed by atoms with Crippen LogP contribution in [0.5, 0.6) is 17.2 Å². The van der Waals surface area contributed by atoms with Crippen molar-refractivity contribution in [2.75, 3.05) is 6.79 Å². The van der Waals surface area contributed by atoms with E-state index < -0.39 is 6.10 Å². The molecular formula is C22H18ClNO4S. The predicted molar refractivity (Wildman–Crippen MR) is 111 cm³/mol. The number of β-lactam (4-membered cyclic amide) rings is 1. The Hall–Kier alpha value is -2.70. The summed E-state index contributed by atoms with van der Waals surface area (Å²) in [7, 11) is 0. The standard InChI is InChI=1S/C22H18ClNO4S/c1-13-8-9-29-21(13)19-20(28-16-5-3-15(23)4-6-16)22(25)24(19)11-14-2-7-17-18(10-14)27-12-26-17/h2-10,19-20H,11-12H2,1H3/t19-,20+/m1/s1. The second-order valence-electron chi connectivity index (χ2n) is 7.06. The second-order valence-corrected chi connectivity index (χ2v) is 8.44. The van der Waals surface area contributed by atoms with Crippen LogP contribution < -0.4 is 14.2 Å². The van der Waals surface area contributed by atoms with E-state index in [0.717, 1.165) is 21.8 Å². The summed E-state index contributed by atoms with van der Waals surface area (Å²) >= 11 is 7.61. The highest BCUT2D eigenvalue weighted by Gasteiger charge is 2.51. The van der Waals surface area contributed by atoms with Crippen molar-refractivity contribution < 1.29 is 19.0 Å². The third kappa shape index (κ3) is 3.32. The lowest BCUT2D eigenvalue weighted by molar-refractivity contribution is -0.165. The summed E-state index contributed by atoms with van der Waals surface area (Å²) in [4.78, 5) is 16.0. The van der Waals surface area contributed by atoms with Crippen LogP contribution >= 0.6 is 22.9 Å². The molecule has 1 amide bonds. The number of aryl methyl sites for hydroxylation is 1. The number of halogens is 1. The quantitative estimate of drug-likeness (QED) is 0.539. The molecular weight excluding hydrogens is 410 g/mol. The lowest BCUT2D eigenvalue weighted by atomic mass is 9.93. The van der Waals surface area contributed by atoms with Crippen LogP contribution in [0.3, 0.4) is 0 Å². The highest BCUT2D eigenvalue weighted by Crippen LogP contribution is 2.43. The molecule has 3 aromatic rings. The highest BCUT2D eigenvalue weighted by atomic mass is 35.5. The summed E-state index contributed by atoms with van der Waals surface area (Å²) in [6.45, 7) is 2.78. The van der Waals surface area contributed by atoms with Crippen molar-refractivity contribution in [1.82, 2.24) is 4.90 Å². The van der Waals surface area contributed by atoms with Gasteiger partial charge in [0, 0.05) is 16.4 Å². The van der Waals surface area contributed by atoms with E-state index in [-0.39, 0.29) is 18.7 Å².